The van der Waals surface area contributed by atoms with E-state index in [0.29, 0.717) is 28.1 Å². The van der Waals surface area contributed by atoms with E-state index in [1.807, 2.05) is 6.07 Å². The zero-order chi connectivity index (χ0) is 21.6. The molecule has 0 spiro atoms. The number of aryl methyl sites for hydroxylation is 1. The van der Waals surface area contributed by atoms with Gasteiger partial charge in [0, 0.05) is 34.0 Å². The maximum absolute atomic E-state index is 9.78. The lowest BCUT2D eigenvalue weighted by molar-refractivity contribution is 0.0928. The Balaban J connectivity index is 1.61. The SMILES string of the molecule is OCCSc1cnc(Nc2nc(C(O)CO)cs2)c(OC2CCCc3ncncc32)c1. The van der Waals surface area contributed by atoms with Crippen molar-refractivity contribution >= 4 is 34.0 Å². The van der Waals surface area contributed by atoms with Crippen LogP contribution in [0.5, 0.6) is 5.75 Å². The molecular formula is C20H23N5O4S2. The summed E-state index contributed by atoms with van der Waals surface area (Å²) in [5, 5.41) is 33.4. The molecule has 0 aliphatic heterocycles. The Labute approximate surface area is 187 Å². The van der Waals surface area contributed by atoms with E-state index >= 15 is 0 Å². The summed E-state index contributed by atoms with van der Waals surface area (Å²) in [5.74, 6) is 1.61. The number of pyridine rings is 1. The molecule has 2 atom stereocenters. The van der Waals surface area contributed by atoms with Gasteiger partial charge in [-0.2, -0.15) is 0 Å². The Morgan fingerprint density at radius 3 is 3.03 bits per heavy atom. The molecule has 164 valence electrons. The third-order valence-corrected chi connectivity index (χ3v) is 6.49. The molecule has 0 amide bonds. The second kappa shape index (κ2) is 10.3. The Morgan fingerprint density at radius 2 is 2.19 bits per heavy atom. The van der Waals surface area contributed by atoms with Crippen molar-refractivity contribution in [1.82, 2.24) is 19.9 Å². The lowest BCUT2D eigenvalue weighted by atomic mass is 9.94. The fraction of sp³-hybridized carbons (Fsp3) is 0.400. The second-order valence-corrected chi connectivity index (χ2v) is 8.94. The molecule has 3 aromatic heterocycles. The Bertz CT molecular complexity index is 1020. The molecule has 0 saturated carbocycles. The maximum atomic E-state index is 9.78. The van der Waals surface area contributed by atoms with Crippen LogP contribution in [0.15, 0.2) is 35.1 Å². The summed E-state index contributed by atoms with van der Waals surface area (Å²) in [5.41, 5.74) is 2.38. The third-order valence-electron chi connectivity index (χ3n) is 4.77. The Hall–Kier alpha value is -2.31. The van der Waals surface area contributed by atoms with Crippen LogP contribution in [-0.4, -0.2) is 54.2 Å². The lowest BCUT2D eigenvalue weighted by Gasteiger charge is -2.26. The van der Waals surface area contributed by atoms with Gasteiger partial charge in [-0.25, -0.2) is 19.9 Å². The van der Waals surface area contributed by atoms with Crippen molar-refractivity contribution in [2.45, 2.75) is 36.4 Å². The van der Waals surface area contributed by atoms with Gasteiger partial charge in [0.15, 0.2) is 16.7 Å². The minimum atomic E-state index is -1.02. The van der Waals surface area contributed by atoms with Gasteiger partial charge in [0.25, 0.3) is 0 Å². The number of nitrogens with one attached hydrogen (secondary N) is 1. The highest BCUT2D eigenvalue weighted by Gasteiger charge is 2.25. The molecule has 4 N–H and O–H groups in total. The topological polar surface area (TPSA) is 134 Å². The smallest absolute Gasteiger partial charge is 0.188 e. The summed E-state index contributed by atoms with van der Waals surface area (Å²) in [6, 6.07) is 1.89. The summed E-state index contributed by atoms with van der Waals surface area (Å²) in [4.78, 5) is 18.2. The van der Waals surface area contributed by atoms with Gasteiger partial charge in [0.1, 0.15) is 18.5 Å². The summed E-state index contributed by atoms with van der Waals surface area (Å²) >= 11 is 2.79. The first-order valence-corrected chi connectivity index (χ1v) is 11.7. The number of fused-ring (bicyclic) bond motifs is 1. The van der Waals surface area contributed by atoms with Crippen LogP contribution in [0.3, 0.4) is 0 Å². The average molecular weight is 462 g/mol. The van der Waals surface area contributed by atoms with Crippen LogP contribution >= 0.6 is 23.1 Å². The minimum absolute atomic E-state index is 0.0727. The fourth-order valence-electron chi connectivity index (χ4n) is 3.27. The largest absolute Gasteiger partial charge is 0.482 e. The van der Waals surface area contributed by atoms with E-state index < -0.39 is 12.7 Å². The van der Waals surface area contributed by atoms with E-state index in [1.54, 1.807) is 24.1 Å². The third kappa shape index (κ3) is 5.31. The average Bonchev–Trinajstić information content (AvgIpc) is 3.27. The molecule has 9 nitrogen and oxygen atoms in total. The van der Waals surface area contributed by atoms with Crippen LogP contribution in [0.4, 0.5) is 10.9 Å². The van der Waals surface area contributed by atoms with E-state index in [-0.39, 0.29) is 12.7 Å². The van der Waals surface area contributed by atoms with Gasteiger partial charge in [0.2, 0.25) is 0 Å². The molecule has 1 aliphatic carbocycles. The van der Waals surface area contributed by atoms with Crippen LogP contribution in [0.1, 0.15) is 42.0 Å². The fourth-order valence-corrected chi connectivity index (χ4v) is 4.67. The van der Waals surface area contributed by atoms with Gasteiger partial charge in [0.05, 0.1) is 24.6 Å². The molecule has 3 aromatic rings. The van der Waals surface area contributed by atoms with Crippen LogP contribution in [0.2, 0.25) is 0 Å². The van der Waals surface area contributed by atoms with Crippen molar-refractivity contribution in [3.8, 4) is 5.75 Å². The number of aliphatic hydroxyl groups is 3. The number of hydrogen-bond acceptors (Lipinski definition) is 11. The van der Waals surface area contributed by atoms with Crippen LogP contribution in [-0.2, 0) is 6.42 Å². The van der Waals surface area contributed by atoms with Gasteiger partial charge in [-0.1, -0.05) is 0 Å². The number of ether oxygens (including phenoxy) is 1. The first-order valence-electron chi connectivity index (χ1n) is 9.88. The Kier molecular flexibility index (Phi) is 7.30. The zero-order valence-electron chi connectivity index (χ0n) is 16.6. The molecule has 3 heterocycles. The predicted molar refractivity (Wildman–Crippen MR) is 118 cm³/mol. The van der Waals surface area contributed by atoms with Crippen molar-refractivity contribution < 1.29 is 20.1 Å². The molecule has 31 heavy (non-hydrogen) atoms. The van der Waals surface area contributed by atoms with E-state index in [9.17, 15) is 5.11 Å². The molecule has 4 rings (SSSR count). The highest BCUT2D eigenvalue weighted by atomic mass is 32.2. The second-order valence-electron chi connectivity index (χ2n) is 6.91. The van der Waals surface area contributed by atoms with Gasteiger partial charge in [-0.3, -0.25) is 0 Å². The van der Waals surface area contributed by atoms with Crippen molar-refractivity contribution in [2.24, 2.45) is 0 Å². The molecule has 1 aliphatic rings. The van der Waals surface area contributed by atoms with Crippen LogP contribution < -0.4 is 10.1 Å². The number of nitrogens with zero attached hydrogens (tertiary/aromatic N) is 4. The van der Waals surface area contributed by atoms with Gasteiger partial charge in [-0.05, 0) is 25.3 Å². The summed E-state index contributed by atoms with van der Waals surface area (Å²) in [6.07, 6.45) is 6.59. The monoisotopic (exact) mass is 461 g/mol. The highest BCUT2D eigenvalue weighted by Crippen LogP contribution is 2.37. The van der Waals surface area contributed by atoms with Gasteiger partial charge >= 0.3 is 0 Å². The number of anilines is 2. The molecule has 11 heteroatoms. The number of hydrogen-bond donors (Lipinski definition) is 4. The zero-order valence-corrected chi connectivity index (χ0v) is 18.3. The number of rotatable bonds is 9. The van der Waals surface area contributed by atoms with Crippen molar-refractivity contribution in [2.75, 3.05) is 24.3 Å². The van der Waals surface area contributed by atoms with Gasteiger partial charge < -0.3 is 25.4 Å². The van der Waals surface area contributed by atoms with Gasteiger partial charge in [-0.15, -0.1) is 23.1 Å². The maximum Gasteiger partial charge on any atom is 0.188 e. The summed E-state index contributed by atoms with van der Waals surface area (Å²) < 4.78 is 6.39. The molecular weight excluding hydrogens is 438 g/mol. The minimum Gasteiger partial charge on any atom is -0.482 e. The van der Waals surface area contributed by atoms with E-state index in [1.165, 1.54) is 23.1 Å². The standard InChI is InChI=1S/C20H23N5O4S2/c26-4-5-30-12-6-18(29-17-3-1-2-14-13(17)8-21-11-23-14)19(22-7-12)25-20-24-15(10-31-20)16(28)9-27/h6-8,10-11,16-17,26-28H,1-5,9H2,(H,22,24,25). The molecule has 0 saturated heterocycles. The van der Waals surface area contributed by atoms with Crippen molar-refractivity contribution in [1.29, 1.82) is 0 Å². The normalized spacial score (nSPS) is 16.5. The number of aliphatic hydroxyl groups excluding tert-OH is 3. The lowest BCUT2D eigenvalue weighted by Crippen LogP contribution is -2.17. The van der Waals surface area contributed by atoms with E-state index in [2.05, 4.69) is 25.3 Å². The van der Waals surface area contributed by atoms with Crippen LogP contribution in [0.25, 0.3) is 0 Å². The molecule has 0 bridgehead atoms. The number of thiazole rings is 1. The summed E-state index contributed by atoms with van der Waals surface area (Å²) in [6.45, 7) is -0.320. The quantitative estimate of drug-likeness (QED) is 0.352. The van der Waals surface area contributed by atoms with E-state index in [0.717, 1.165) is 35.4 Å². The highest BCUT2D eigenvalue weighted by molar-refractivity contribution is 7.99. The molecule has 0 aromatic carbocycles. The summed E-state index contributed by atoms with van der Waals surface area (Å²) in [7, 11) is 0. The first kappa shape index (κ1) is 21.9. The number of aromatic nitrogens is 4. The van der Waals surface area contributed by atoms with E-state index in [4.69, 9.17) is 14.9 Å². The first-order chi connectivity index (χ1) is 15.2. The van der Waals surface area contributed by atoms with Crippen molar-refractivity contribution in [3.05, 3.63) is 47.1 Å². The van der Waals surface area contributed by atoms with Crippen molar-refractivity contribution in [3.63, 3.8) is 0 Å². The Morgan fingerprint density at radius 1 is 1.29 bits per heavy atom. The molecule has 2 unspecified atom stereocenters. The van der Waals surface area contributed by atoms with Crippen LogP contribution in [0, 0.1) is 0 Å². The number of thioether (sulfide) groups is 1. The molecule has 0 fully saturated rings. The molecule has 0 radical (unpaired) electrons. The predicted octanol–water partition coefficient (Wildman–Crippen LogP) is 2.64.